The van der Waals surface area contributed by atoms with E-state index >= 15 is 0 Å². The number of carbonyl (C=O) groups is 2. The number of amides is 2. The van der Waals surface area contributed by atoms with Gasteiger partial charge in [0, 0.05) is 18.0 Å². The molecule has 5 nitrogen and oxygen atoms in total. The molecule has 1 N–H and O–H groups in total. The Labute approximate surface area is 197 Å². The number of aliphatic hydroxyl groups excluding tert-OH is 1. The van der Waals surface area contributed by atoms with Gasteiger partial charge in [-0.2, -0.15) is 0 Å². The lowest BCUT2D eigenvalue weighted by Gasteiger charge is -2.58. The highest BCUT2D eigenvalue weighted by atomic mass is 19.1. The van der Waals surface area contributed by atoms with Crippen molar-refractivity contribution in [3.63, 3.8) is 0 Å². The Balaban J connectivity index is 1.33. The molecule has 3 aromatic carbocycles. The van der Waals surface area contributed by atoms with E-state index in [2.05, 4.69) is 6.08 Å². The van der Waals surface area contributed by atoms with Crippen molar-refractivity contribution in [2.24, 2.45) is 0 Å². The van der Waals surface area contributed by atoms with Gasteiger partial charge in [-0.25, -0.2) is 4.39 Å². The van der Waals surface area contributed by atoms with Crippen LogP contribution in [-0.4, -0.2) is 58.5 Å². The van der Waals surface area contributed by atoms with Crippen molar-refractivity contribution in [3.05, 3.63) is 107 Å². The molecule has 0 aromatic heterocycles. The Bertz CT molecular complexity index is 1210. The molecule has 0 saturated carbocycles. The molecule has 3 atom stereocenters. The fourth-order valence-corrected chi connectivity index (χ4v) is 5.02. The zero-order valence-electron chi connectivity index (χ0n) is 18.5. The third-order valence-electron chi connectivity index (χ3n) is 6.72. The smallest absolute Gasteiger partial charge is 0.254 e. The number of fused-ring (bicyclic) bond motifs is 1. The van der Waals surface area contributed by atoms with Crippen LogP contribution in [0.2, 0.25) is 0 Å². The molecule has 2 saturated heterocycles. The number of hydrogen-bond donors (Lipinski definition) is 1. The van der Waals surface area contributed by atoms with Crippen LogP contribution in [0.1, 0.15) is 33.0 Å². The first-order valence-electron chi connectivity index (χ1n) is 11.3. The van der Waals surface area contributed by atoms with E-state index in [0.29, 0.717) is 12.1 Å². The second-order valence-electron chi connectivity index (χ2n) is 8.75. The summed E-state index contributed by atoms with van der Waals surface area (Å²) in [6, 6.07) is 23.0. The van der Waals surface area contributed by atoms with E-state index in [1.165, 1.54) is 29.2 Å². The summed E-state index contributed by atoms with van der Waals surface area (Å²) in [5, 5.41) is 10.00. The molecule has 6 heteroatoms. The van der Waals surface area contributed by atoms with Crippen LogP contribution in [0.5, 0.6) is 0 Å². The van der Waals surface area contributed by atoms with Gasteiger partial charge in [-0.1, -0.05) is 66.7 Å². The minimum Gasteiger partial charge on any atom is -0.394 e. The Morgan fingerprint density at radius 1 is 0.941 bits per heavy atom. The van der Waals surface area contributed by atoms with Crippen LogP contribution >= 0.6 is 0 Å². The van der Waals surface area contributed by atoms with E-state index in [0.717, 1.165) is 16.7 Å². The van der Waals surface area contributed by atoms with Crippen molar-refractivity contribution >= 4 is 24.0 Å². The van der Waals surface area contributed by atoms with E-state index in [4.69, 9.17) is 0 Å². The molecular formula is C28H25FN2O3. The summed E-state index contributed by atoms with van der Waals surface area (Å²) in [6.45, 7) is 0.201. The van der Waals surface area contributed by atoms with E-state index in [9.17, 15) is 19.1 Å². The molecule has 172 valence electrons. The van der Waals surface area contributed by atoms with Crippen molar-refractivity contribution in [3.8, 4) is 0 Å². The third-order valence-corrected chi connectivity index (χ3v) is 6.72. The molecule has 2 heterocycles. The Morgan fingerprint density at radius 3 is 2.24 bits per heavy atom. The average molecular weight is 457 g/mol. The highest BCUT2D eigenvalue weighted by molar-refractivity contribution is 5.97. The number of halogens is 1. The lowest BCUT2D eigenvalue weighted by atomic mass is 9.73. The normalized spacial score (nSPS) is 21.9. The number of hydrogen-bond acceptors (Lipinski definition) is 3. The quantitative estimate of drug-likeness (QED) is 0.594. The second kappa shape index (κ2) is 9.23. The second-order valence-corrected chi connectivity index (χ2v) is 8.75. The summed E-state index contributed by atoms with van der Waals surface area (Å²) < 4.78 is 13.2. The molecule has 34 heavy (non-hydrogen) atoms. The van der Waals surface area contributed by atoms with Gasteiger partial charge in [0.2, 0.25) is 5.91 Å². The molecule has 5 rings (SSSR count). The van der Waals surface area contributed by atoms with Crippen LogP contribution in [0.3, 0.4) is 0 Å². The predicted molar refractivity (Wildman–Crippen MR) is 128 cm³/mol. The predicted octanol–water partition coefficient (Wildman–Crippen LogP) is 3.81. The monoisotopic (exact) mass is 456 g/mol. The minimum absolute atomic E-state index is 0.0425. The van der Waals surface area contributed by atoms with Crippen molar-refractivity contribution in [2.75, 3.05) is 19.7 Å². The Kier molecular flexibility index (Phi) is 5.99. The van der Waals surface area contributed by atoms with Gasteiger partial charge in [-0.3, -0.25) is 9.59 Å². The SMILES string of the molecule is O=C(c1ccc(F)cc1)N1CC(=O)N2[C@H](CO)[C@@H](c3ccc(/C=C/c4ccccc4)cc3)[C@H]2C1. The van der Waals surface area contributed by atoms with Crippen molar-refractivity contribution < 1.29 is 19.1 Å². The lowest BCUT2D eigenvalue weighted by molar-refractivity contribution is -0.159. The van der Waals surface area contributed by atoms with Gasteiger partial charge < -0.3 is 14.9 Å². The topological polar surface area (TPSA) is 60.9 Å². The zero-order chi connectivity index (χ0) is 23.7. The first-order chi connectivity index (χ1) is 16.5. The largest absolute Gasteiger partial charge is 0.394 e. The molecule has 2 amide bonds. The Morgan fingerprint density at radius 2 is 1.59 bits per heavy atom. The van der Waals surface area contributed by atoms with Crippen molar-refractivity contribution in [1.82, 2.24) is 9.80 Å². The van der Waals surface area contributed by atoms with Gasteiger partial charge in [-0.05, 0) is 41.0 Å². The van der Waals surface area contributed by atoms with E-state index in [1.807, 2.05) is 60.7 Å². The van der Waals surface area contributed by atoms with Gasteiger partial charge >= 0.3 is 0 Å². The van der Waals surface area contributed by atoms with Crippen molar-refractivity contribution in [2.45, 2.75) is 18.0 Å². The Hall–Kier alpha value is -3.77. The average Bonchev–Trinajstić information content (AvgIpc) is 2.85. The molecule has 0 bridgehead atoms. The number of rotatable bonds is 5. The summed E-state index contributed by atoms with van der Waals surface area (Å²) in [5.41, 5.74) is 3.55. The first kappa shape index (κ1) is 22.0. The van der Waals surface area contributed by atoms with Crippen LogP contribution in [0.4, 0.5) is 4.39 Å². The number of benzene rings is 3. The van der Waals surface area contributed by atoms with Gasteiger partial charge in [-0.15, -0.1) is 0 Å². The van der Waals surface area contributed by atoms with E-state index in [-0.39, 0.29) is 43.0 Å². The summed E-state index contributed by atoms with van der Waals surface area (Å²) in [5.74, 6) is -0.945. The van der Waals surface area contributed by atoms with Gasteiger partial charge in [0.1, 0.15) is 12.4 Å². The van der Waals surface area contributed by atoms with Crippen LogP contribution in [-0.2, 0) is 4.79 Å². The van der Waals surface area contributed by atoms with Crippen LogP contribution in [0.25, 0.3) is 12.2 Å². The van der Waals surface area contributed by atoms with Crippen LogP contribution in [0.15, 0.2) is 78.9 Å². The summed E-state index contributed by atoms with van der Waals surface area (Å²) in [6.07, 6.45) is 4.10. The maximum Gasteiger partial charge on any atom is 0.254 e. The van der Waals surface area contributed by atoms with Crippen LogP contribution < -0.4 is 0 Å². The van der Waals surface area contributed by atoms with Gasteiger partial charge in [0.15, 0.2) is 0 Å². The number of aliphatic hydroxyl groups is 1. The standard InChI is InChI=1S/C28H25FN2O3/c29-23-14-12-22(13-15-23)28(34)30-16-24-27(25(18-32)31(24)26(33)17-30)21-10-8-20(9-11-21)7-6-19-4-2-1-3-5-19/h1-15,24-25,27,32H,16-18H2/b7-6+/t24-,25-,27+/m1/s1. The first-order valence-corrected chi connectivity index (χ1v) is 11.3. The van der Waals surface area contributed by atoms with Gasteiger partial charge in [0.25, 0.3) is 5.91 Å². The minimum atomic E-state index is -0.413. The maximum absolute atomic E-state index is 13.2. The zero-order valence-corrected chi connectivity index (χ0v) is 18.5. The fourth-order valence-electron chi connectivity index (χ4n) is 5.02. The highest BCUT2D eigenvalue weighted by Crippen LogP contribution is 2.43. The summed E-state index contributed by atoms with van der Waals surface area (Å²) in [4.78, 5) is 29.0. The third kappa shape index (κ3) is 4.13. The molecule has 0 unspecified atom stereocenters. The molecular weight excluding hydrogens is 431 g/mol. The van der Waals surface area contributed by atoms with E-state index in [1.54, 1.807) is 4.90 Å². The molecule has 0 spiro atoms. The van der Waals surface area contributed by atoms with Crippen molar-refractivity contribution in [1.29, 1.82) is 0 Å². The summed E-state index contributed by atoms with van der Waals surface area (Å²) in [7, 11) is 0. The summed E-state index contributed by atoms with van der Waals surface area (Å²) >= 11 is 0. The highest BCUT2D eigenvalue weighted by Gasteiger charge is 2.54. The number of carbonyl (C=O) groups excluding carboxylic acids is 2. The molecule has 2 aliphatic rings. The van der Waals surface area contributed by atoms with Gasteiger partial charge in [0.05, 0.1) is 18.7 Å². The maximum atomic E-state index is 13.2. The molecule has 0 aliphatic carbocycles. The van der Waals surface area contributed by atoms with Crippen LogP contribution in [0, 0.1) is 5.82 Å². The molecule has 2 fully saturated rings. The molecule has 0 radical (unpaired) electrons. The lowest BCUT2D eigenvalue weighted by Crippen LogP contribution is -2.73. The molecule has 3 aromatic rings. The van der Waals surface area contributed by atoms with E-state index < -0.39 is 5.82 Å². The number of nitrogens with zero attached hydrogens (tertiary/aromatic N) is 2. The number of piperazine rings is 1. The fraction of sp³-hybridized carbons (Fsp3) is 0.214. The molecule has 2 aliphatic heterocycles.